The van der Waals surface area contributed by atoms with Gasteiger partial charge in [-0.05, 0) is 34.1 Å². The zero-order valence-electron chi connectivity index (χ0n) is 12.5. The predicted octanol–water partition coefficient (Wildman–Crippen LogP) is 3.89. The van der Waals surface area contributed by atoms with E-state index < -0.39 is 12.4 Å². The van der Waals surface area contributed by atoms with Crippen molar-refractivity contribution in [1.82, 2.24) is 9.36 Å². The van der Waals surface area contributed by atoms with E-state index in [0.717, 1.165) is 6.07 Å². The van der Waals surface area contributed by atoms with Crippen molar-refractivity contribution in [2.45, 2.75) is 13.2 Å². The fourth-order valence-corrected chi connectivity index (χ4v) is 2.90. The van der Waals surface area contributed by atoms with Crippen LogP contribution in [0.4, 0.5) is 13.2 Å². The largest absolute Gasteiger partial charge is 0.434 e. The molecule has 0 radical (unpaired) electrons. The highest BCUT2D eigenvalue weighted by Gasteiger charge is 2.16. The van der Waals surface area contributed by atoms with Gasteiger partial charge in [-0.1, -0.05) is 18.2 Å². The van der Waals surface area contributed by atoms with Crippen LogP contribution in [0.25, 0.3) is 10.9 Å². The van der Waals surface area contributed by atoms with Crippen LogP contribution in [0.1, 0.15) is 5.56 Å². The van der Waals surface area contributed by atoms with Gasteiger partial charge in [0.25, 0.3) is 5.56 Å². The van der Waals surface area contributed by atoms with Gasteiger partial charge in [-0.2, -0.15) is 8.78 Å². The first kappa shape index (κ1) is 16.6. The van der Waals surface area contributed by atoms with Gasteiger partial charge in [0.15, 0.2) is 0 Å². The molecular weight excluding hydrogens is 389 g/mol. The van der Waals surface area contributed by atoms with Gasteiger partial charge in [-0.25, -0.2) is 4.39 Å². The number of rotatable bonds is 4. The molecule has 1 heterocycles. The van der Waals surface area contributed by atoms with E-state index in [-0.39, 0.29) is 27.7 Å². The van der Waals surface area contributed by atoms with Crippen molar-refractivity contribution in [1.29, 1.82) is 0 Å². The minimum Gasteiger partial charge on any atom is -0.434 e. The Morgan fingerprint density at radius 2 is 1.96 bits per heavy atom. The topological polar surface area (TPSA) is 36.2 Å². The van der Waals surface area contributed by atoms with Crippen LogP contribution in [0.5, 0.6) is 5.75 Å². The number of alkyl halides is 2. The van der Waals surface area contributed by atoms with Crippen LogP contribution in [-0.2, 0) is 13.6 Å². The molecule has 0 unspecified atom stereocenters. The minimum atomic E-state index is -2.94. The molecule has 0 saturated heterocycles. The first-order chi connectivity index (χ1) is 11.4. The van der Waals surface area contributed by atoms with E-state index in [9.17, 15) is 18.0 Å². The molecule has 3 aromatic rings. The Morgan fingerprint density at radius 1 is 1.25 bits per heavy atom. The minimum absolute atomic E-state index is 0.0305. The maximum absolute atomic E-state index is 13.7. The van der Waals surface area contributed by atoms with E-state index in [0.29, 0.717) is 11.1 Å². The number of aromatic nitrogens is 2. The molecule has 0 aliphatic heterocycles. The summed E-state index contributed by atoms with van der Waals surface area (Å²) >= 11 is 3.09. The van der Waals surface area contributed by atoms with Crippen LogP contribution in [0, 0.1) is 5.82 Å². The highest BCUT2D eigenvalue weighted by atomic mass is 79.9. The average Bonchev–Trinajstić information content (AvgIpc) is 2.74. The molecule has 0 N–H and O–H groups in total. The molecule has 0 aliphatic rings. The molecule has 1 aromatic heterocycles. The summed E-state index contributed by atoms with van der Waals surface area (Å²) in [5.41, 5.74) is 0.594. The molecule has 4 nitrogen and oxygen atoms in total. The van der Waals surface area contributed by atoms with Gasteiger partial charge in [0.1, 0.15) is 11.6 Å². The van der Waals surface area contributed by atoms with Crippen LogP contribution >= 0.6 is 15.9 Å². The average molecular weight is 401 g/mol. The van der Waals surface area contributed by atoms with Crippen molar-refractivity contribution in [3.8, 4) is 5.75 Å². The second-order valence-electron chi connectivity index (χ2n) is 5.16. The molecule has 0 atom stereocenters. The van der Waals surface area contributed by atoms with Crippen molar-refractivity contribution < 1.29 is 17.9 Å². The molecule has 0 saturated carbocycles. The highest BCUT2D eigenvalue weighted by molar-refractivity contribution is 9.10. The number of benzene rings is 2. The SMILES string of the molecule is Cn1c(=O)c2cc(F)c(Br)cc2n1Cc1ccccc1OC(F)F. The van der Waals surface area contributed by atoms with Gasteiger partial charge < -0.3 is 4.74 Å². The third-order valence-electron chi connectivity index (χ3n) is 3.71. The third-order valence-corrected chi connectivity index (χ3v) is 4.32. The Morgan fingerprint density at radius 3 is 2.67 bits per heavy atom. The van der Waals surface area contributed by atoms with Gasteiger partial charge >= 0.3 is 6.61 Å². The van der Waals surface area contributed by atoms with E-state index in [1.807, 2.05) is 0 Å². The van der Waals surface area contributed by atoms with E-state index >= 15 is 0 Å². The van der Waals surface area contributed by atoms with E-state index in [1.165, 1.54) is 23.9 Å². The lowest BCUT2D eigenvalue weighted by Crippen LogP contribution is -2.20. The number of hydrogen-bond acceptors (Lipinski definition) is 2. The van der Waals surface area contributed by atoms with E-state index in [4.69, 9.17) is 0 Å². The summed E-state index contributed by atoms with van der Waals surface area (Å²) in [5.74, 6) is -0.512. The van der Waals surface area contributed by atoms with Crippen molar-refractivity contribution in [3.63, 3.8) is 0 Å². The maximum Gasteiger partial charge on any atom is 0.387 e. The lowest BCUT2D eigenvalue weighted by atomic mass is 10.2. The van der Waals surface area contributed by atoms with E-state index in [1.54, 1.807) is 22.9 Å². The van der Waals surface area contributed by atoms with Gasteiger partial charge in [0.05, 0.1) is 21.9 Å². The summed E-state index contributed by atoms with van der Waals surface area (Å²) in [6, 6.07) is 8.98. The fourth-order valence-electron chi connectivity index (χ4n) is 2.56. The lowest BCUT2D eigenvalue weighted by molar-refractivity contribution is -0.0505. The van der Waals surface area contributed by atoms with Crippen LogP contribution < -0.4 is 10.3 Å². The predicted molar refractivity (Wildman–Crippen MR) is 87.0 cm³/mol. The summed E-state index contributed by atoms with van der Waals surface area (Å²) in [7, 11) is 1.53. The quantitative estimate of drug-likeness (QED) is 0.665. The summed E-state index contributed by atoms with van der Waals surface area (Å²) in [5, 5.41) is 0.213. The van der Waals surface area contributed by atoms with Crippen LogP contribution in [0.2, 0.25) is 0 Å². The summed E-state index contributed by atoms with van der Waals surface area (Å²) in [4.78, 5) is 12.3. The number of para-hydroxylation sites is 1. The Bertz CT molecular complexity index is 966. The molecule has 8 heteroatoms. The maximum atomic E-state index is 13.7. The zero-order chi connectivity index (χ0) is 17.4. The molecule has 24 heavy (non-hydrogen) atoms. The first-order valence-electron chi connectivity index (χ1n) is 6.95. The number of hydrogen-bond donors (Lipinski definition) is 0. The smallest absolute Gasteiger partial charge is 0.387 e. The summed E-state index contributed by atoms with van der Waals surface area (Å²) < 4.78 is 46.4. The molecular formula is C16H12BrF3N2O2. The normalized spacial score (nSPS) is 11.4. The Balaban J connectivity index is 2.13. The second kappa shape index (κ2) is 6.35. The van der Waals surface area contributed by atoms with Crippen molar-refractivity contribution >= 4 is 26.8 Å². The Hall–Kier alpha value is -2.22. The van der Waals surface area contributed by atoms with Crippen LogP contribution in [0.3, 0.4) is 0 Å². The molecule has 0 bridgehead atoms. The number of fused-ring (bicyclic) bond motifs is 1. The van der Waals surface area contributed by atoms with Crippen molar-refractivity contribution in [2.75, 3.05) is 0 Å². The third kappa shape index (κ3) is 2.93. The summed E-state index contributed by atoms with van der Waals surface area (Å²) in [6.07, 6.45) is 0. The van der Waals surface area contributed by atoms with Gasteiger partial charge in [0, 0.05) is 12.6 Å². The van der Waals surface area contributed by atoms with E-state index in [2.05, 4.69) is 20.7 Å². The summed E-state index contributed by atoms with van der Waals surface area (Å²) in [6.45, 7) is -2.82. The van der Waals surface area contributed by atoms with Gasteiger partial charge in [-0.3, -0.25) is 14.2 Å². The molecule has 2 aromatic carbocycles. The van der Waals surface area contributed by atoms with Crippen molar-refractivity contribution in [3.05, 3.63) is 62.6 Å². The lowest BCUT2D eigenvalue weighted by Gasteiger charge is -2.13. The Kier molecular flexibility index (Phi) is 4.40. The van der Waals surface area contributed by atoms with Crippen LogP contribution in [0.15, 0.2) is 45.7 Å². The molecule has 0 amide bonds. The number of ether oxygens (including phenoxy) is 1. The standard InChI is InChI=1S/C16H12BrF3N2O2/c1-21-15(23)10-6-12(18)11(17)7-13(10)22(21)8-9-4-2-3-5-14(9)24-16(19)20/h2-7,16H,8H2,1H3. The monoisotopic (exact) mass is 400 g/mol. The Labute approximate surface area is 143 Å². The molecule has 126 valence electrons. The van der Waals surface area contributed by atoms with Crippen LogP contribution in [-0.4, -0.2) is 16.0 Å². The second-order valence-corrected chi connectivity index (χ2v) is 6.01. The van der Waals surface area contributed by atoms with Crippen molar-refractivity contribution in [2.24, 2.45) is 7.05 Å². The fraction of sp³-hybridized carbons (Fsp3) is 0.188. The first-order valence-corrected chi connectivity index (χ1v) is 7.75. The molecule has 0 spiro atoms. The molecule has 3 rings (SSSR count). The highest BCUT2D eigenvalue weighted by Crippen LogP contribution is 2.25. The number of nitrogens with zero attached hydrogens (tertiary/aromatic N) is 2. The molecule has 0 fully saturated rings. The zero-order valence-corrected chi connectivity index (χ0v) is 14.1. The molecule has 0 aliphatic carbocycles. The number of halogens is 4. The van der Waals surface area contributed by atoms with Gasteiger partial charge in [0.2, 0.25) is 0 Å². The van der Waals surface area contributed by atoms with Gasteiger partial charge in [-0.15, -0.1) is 0 Å².